The van der Waals surface area contributed by atoms with E-state index in [0.717, 1.165) is 10.1 Å². The number of para-hydroxylation sites is 1. The molecule has 1 atom stereocenters. The van der Waals surface area contributed by atoms with E-state index in [0.29, 0.717) is 5.75 Å². The number of nitrogens with zero attached hydrogens (tertiary/aromatic N) is 3. The van der Waals surface area contributed by atoms with E-state index in [9.17, 15) is 14.4 Å². The van der Waals surface area contributed by atoms with Crippen LogP contribution in [0.3, 0.4) is 0 Å². The van der Waals surface area contributed by atoms with Crippen molar-refractivity contribution in [2.45, 2.75) is 19.5 Å². The summed E-state index contributed by atoms with van der Waals surface area (Å²) in [5.74, 6) is 0.457. The average molecular weight is 331 g/mol. The van der Waals surface area contributed by atoms with E-state index in [1.807, 2.05) is 31.2 Å². The van der Waals surface area contributed by atoms with Crippen molar-refractivity contribution in [2.24, 2.45) is 7.05 Å². The van der Waals surface area contributed by atoms with E-state index in [-0.39, 0.29) is 18.5 Å². The van der Waals surface area contributed by atoms with E-state index in [1.165, 1.54) is 23.9 Å². The summed E-state index contributed by atoms with van der Waals surface area (Å²) in [4.78, 5) is 37.5. The first-order chi connectivity index (χ1) is 11.4. The predicted octanol–water partition coefficient (Wildman–Crippen LogP) is 0.775. The molecule has 7 nitrogen and oxygen atoms in total. The largest absolute Gasteiger partial charge is 0.496 e. The van der Waals surface area contributed by atoms with E-state index >= 15 is 0 Å². The van der Waals surface area contributed by atoms with Crippen molar-refractivity contribution in [2.75, 3.05) is 14.2 Å². The standard InChI is InChI=1S/C17H21N3O4/c1-12(13-7-5-6-8-14(13)24-4)18(2)16(22)11-20-10-9-15(21)19(3)17(20)23/h5-10,12H,11H2,1-4H3/t12-/m1/s1. The van der Waals surface area contributed by atoms with Crippen LogP contribution >= 0.6 is 0 Å². The Morgan fingerprint density at radius 1 is 1.25 bits per heavy atom. The molecule has 0 aliphatic heterocycles. The summed E-state index contributed by atoms with van der Waals surface area (Å²) < 4.78 is 7.52. The van der Waals surface area contributed by atoms with Gasteiger partial charge in [0.1, 0.15) is 12.3 Å². The molecular weight excluding hydrogens is 310 g/mol. The molecule has 0 fully saturated rings. The summed E-state index contributed by atoms with van der Waals surface area (Å²) in [6, 6.07) is 8.51. The Balaban J connectivity index is 2.22. The highest BCUT2D eigenvalue weighted by Gasteiger charge is 2.20. The second-order valence-corrected chi connectivity index (χ2v) is 5.55. The summed E-state index contributed by atoms with van der Waals surface area (Å²) >= 11 is 0. The highest BCUT2D eigenvalue weighted by molar-refractivity contribution is 5.76. The molecule has 0 N–H and O–H groups in total. The van der Waals surface area contributed by atoms with E-state index < -0.39 is 11.2 Å². The number of likely N-dealkylation sites (N-methyl/N-ethyl adjacent to an activating group) is 1. The lowest BCUT2D eigenvalue weighted by Gasteiger charge is -2.27. The van der Waals surface area contributed by atoms with Crippen LogP contribution in [0.25, 0.3) is 0 Å². The fourth-order valence-electron chi connectivity index (χ4n) is 2.43. The Hall–Kier alpha value is -2.83. The van der Waals surface area contributed by atoms with Crippen LogP contribution < -0.4 is 16.0 Å². The molecule has 1 aromatic carbocycles. The summed E-state index contributed by atoms with van der Waals surface area (Å²) in [5, 5.41) is 0. The highest BCUT2D eigenvalue weighted by Crippen LogP contribution is 2.28. The van der Waals surface area contributed by atoms with Crippen LogP contribution in [0, 0.1) is 0 Å². The van der Waals surface area contributed by atoms with Crippen molar-refractivity contribution in [3.63, 3.8) is 0 Å². The zero-order chi connectivity index (χ0) is 17.9. The van der Waals surface area contributed by atoms with Crippen LogP contribution in [0.5, 0.6) is 5.75 Å². The number of carbonyl (C=O) groups is 1. The highest BCUT2D eigenvalue weighted by atomic mass is 16.5. The number of aromatic nitrogens is 2. The number of carbonyl (C=O) groups excluding carboxylic acids is 1. The SMILES string of the molecule is COc1ccccc1[C@@H](C)N(C)C(=O)Cn1ccc(=O)n(C)c1=O. The Kier molecular flexibility index (Phi) is 5.23. The minimum atomic E-state index is -0.519. The van der Waals surface area contributed by atoms with Gasteiger partial charge in [0.05, 0.1) is 13.2 Å². The van der Waals surface area contributed by atoms with Gasteiger partial charge >= 0.3 is 5.69 Å². The van der Waals surface area contributed by atoms with Gasteiger partial charge in [-0.3, -0.25) is 18.7 Å². The van der Waals surface area contributed by atoms with Crippen molar-refractivity contribution in [1.29, 1.82) is 0 Å². The predicted molar refractivity (Wildman–Crippen MR) is 90.1 cm³/mol. The third kappa shape index (κ3) is 3.40. The van der Waals surface area contributed by atoms with Crippen LogP contribution in [0.15, 0.2) is 46.1 Å². The maximum atomic E-state index is 12.5. The van der Waals surface area contributed by atoms with Gasteiger partial charge in [0.25, 0.3) is 5.56 Å². The molecule has 1 amide bonds. The molecule has 0 unspecified atom stereocenters. The van der Waals surface area contributed by atoms with Crippen molar-refractivity contribution < 1.29 is 9.53 Å². The molecule has 7 heteroatoms. The molecule has 0 radical (unpaired) electrons. The van der Waals surface area contributed by atoms with E-state index in [4.69, 9.17) is 4.74 Å². The lowest BCUT2D eigenvalue weighted by Crippen LogP contribution is -2.41. The van der Waals surface area contributed by atoms with Gasteiger partial charge in [-0.05, 0) is 13.0 Å². The molecule has 0 bridgehead atoms. The summed E-state index contributed by atoms with van der Waals surface area (Å²) in [7, 11) is 4.64. The first kappa shape index (κ1) is 17.5. The van der Waals surface area contributed by atoms with Crippen LogP contribution in [-0.2, 0) is 18.4 Å². The third-order valence-electron chi connectivity index (χ3n) is 4.13. The van der Waals surface area contributed by atoms with Gasteiger partial charge in [0.2, 0.25) is 5.91 Å². The third-order valence-corrected chi connectivity index (χ3v) is 4.13. The minimum absolute atomic E-state index is 0.136. The topological polar surface area (TPSA) is 73.5 Å². The molecule has 0 spiro atoms. The zero-order valence-electron chi connectivity index (χ0n) is 14.2. The molecule has 0 aliphatic carbocycles. The fourth-order valence-corrected chi connectivity index (χ4v) is 2.43. The van der Waals surface area contributed by atoms with Crippen LogP contribution in [0.1, 0.15) is 18.5 Å². The monoisotopic (exact) mass is 331 g/mol. The summed E-state index contributed by atoms with van der Waals surface area (Å²) in [6.07, 6.45) is 1.34. The minimum Gasteiger partial charge on any atom is -0.496 e. The summed E-state index contributed by atoms with van der Waals surface area (Å²) in [5.41, 5.74) is -0.0442. The van der Waals surface area contributed by atoms with Crippen molar-refractivity contribution in [3.8, 4) is 5.75 Å². The number of benzene rings is 1. The maximum Gasteiger partial charge on any atom is 0.331 e. The van der Waals surface area contributed by atoms with Crippen molar-refractivity contribution >= 4 is 5.91 Å². The van der Waals surface area contributed by atoms with Gasteiger partial charge in [-0.1, -0.05) is 18.2 Å². The second kappa shape index (κ2) is 7.16. The van der Waals surface area contributed by atoms with Gasteiger partial charge in [-0.2, -0.15) is 0 Å². The van der Waals surface area contributed by atoms with Gasteiger partial charge in [0, 0.05) is 31.9 Å². The Morgan fingerprint density at radius 2 is 1.92 bits per heavy atom. The molecule has 2 aromatic rings. The smallest absolute Gasteiger partial charge is 0.331 e. The number of hydrogen-bond acceptors (Lipinski definition) is 4. The van der Waals surface area contributed by atoms with Crippen molar-refractivity contribution in [1.82, 2.24) is 14.0 Å². The number of amides is 1. The number of methoxy groups -OCH3 is 1. The zero-order valence-corrected chi connectivity index (χ0v) is 14.2. The molecule has 24 heavy (non-hydrogen) atoms. The molecular formula is C17H21N3O4. The second-order valence-electron chi connectivity index (χ2n) is 5.55. The number of rotatable bonds is 5. The van der Waals surface area contributed by atoms with E-state index in [2.05, 4.69) is 0 Å². The molecule has 1 aromatic heterocycles. The van der Waals surface area contributed by atoms with Crippen LogP contribution in [-0.4, -0.2) is 34.1 Å². The fraction of sp³-hybridized carbons (Fsp3) is 0.353. The molecule has 0 saturated carbocycles. The van der Waals surface area contributed by atoms with Gasteiger partial charge in [-0.25, -0.2) is 4.79 Å². The van der Waals surface area contributed by atoms with Gasteiger partial charge in [-0.15, -0.1) is 0 Å². The average Bonchev–Trinajstić information content (AvgIpc) is 2.60. The van der Waals surface area contributed by atoms with E-state index in [1.54, 1.807) is 19.1 Å². The molecule has 2 rings (SSSR count). The lowest BCUT2D eigenvalue weighted by atomic mass is 10.1. The van der Waals surface area contributed by atoms with Crippen molar-refractivity contribution in [3.05, 3.63) is 62.9 Å². The molecule has 0 aliphatic rings. The Morgan fingerprint density at radius 3 is 2.58 bits per heavy atom. The summed E-state index contributed by atoms with van der Waals surface area (Å²) in [6.45, 7) is 1.75. The van der Waals surface area contributed by atoms with Crippen LogP contribution in [0.4, 0.5) is 0 Å². The first-order valence-corrected chi connectivity index (χ1v) is 7.52. The van der Waals surface area contributed by atoms with Gasteiger partial charge < -0.3 is 9.64 Å². The maximum absolute atomic E-state index is 12.5. The molecule has 0 saturated heterocycles. The normalized spacial score (nSPS) is 11.8. The molecule has 128 valence electrons. The Labute approximate surface area is 139 Å². The number of hydrogen-bond donors (Lipinski definition) is 0. The first-order valence-electron chi connectivity index (χ1n) is 7.52. The quantitative estimate of drug-likeness (QED) is 0.811. The molecule has 1 heterocycles. The number of ether oxygens (including phenoxy) is 1. The lowest BCUT2D eigenvalue weighted by molar-refractivity contribution is -0.132. The van der Waals surface area contributed by atoms with Crippen LogP contribution in [0.2, 0.25) is 0 Å². The Bertz CT molecular complexity index is 853. The van der Waals surface area contributed by atoms with Gasteiger partial charge in [0.15, 0.2) is 0 Å².